The van der Waals surface area contributed by atoms with Crippen molar-refractivity contribution < 1.29 is 19.4 Å². The van der Waals surface area contributed by atoms with E-state index in [2.05, 4.69) is 5.32 Å². The van der Waals surface area contributed by atoms with Gasteiger partial charge in [-0.15, -0.1) is 0 Å². The lowest BCUT2D eigenvalue weighted by molar-refractivity contribution is -0.157. The van der Waals surface area contributed by atoms with E-state index in [4.69, 9.17) is 9.84 Å². The molecule has 0 bridgehead atoms. The molecular formula is C17H32N2O4. The Morgan fingerprint density at radius 3 is 2.35 bits per heavy atom. The topological polar surface area (TPSA) is 78.9 Å². The quantitative estimate of drug-likeness (QED) is 0.635. The van der Waals surface area contributed by atoms with Crippen molar-refractivity contribution in [3.8, 4) is 0 Å². The van der Waals surface area contributed by atoms with E-state index in [1.807, 2.05) is 20.8 Å². The van der Waals surface area contributed by atoms with Crippen LogP contribution >= 0.6 is 0 Å². The lowest BCUT2D eigenvalue weighted by Gasteiger charge is -2.30. The predicted octanol–water partition coefficient (Wildman–Crippen LogP) is 2.23. The van der Waals surface area contributed by atoms with Crippen molar-refractivity contribution in [1.82, 2.24) is 10.2 Å². The number of aliphatic carboxylic acids is 1. The van der Waals surface area contributed by atoms with E-state index in [-0.39, 0.29) is 24.6 Å². The van der Waals surface area contributed by atoms with Crippen LogP contribution in [0.2, 0.25) is 0 Å². The Bertz CT molecular complexity index is 381. The number of nitrogens with zero attached hydrogens (tertiary/aromatic N) is 1. The van der Waals surface area contributed by atoms with Gasteiger partial charge in [0.1, 0.15) is 6.61 Å². The van der Waals surface area contributed by atoms with Crippen LogP contribution in [0.5, 0.6) is 0 Å². The fraction of sp³-hybridized carbons (Fsp3) is 0.882. The lowest BCUT2D eigenvalue weighted by Crippen LogP contribution is -2.46. The molecule has 0 aromatic rings. The van der Waals surface area contributed by atoms with Gasteiger partial charge >= 0.3 is 5.97 Å². The standard InChI is InChI=1S/C17H32N2O4/c1-12(2)18-16(17(21)22)23-11-15(20)19(4)13(3)10-14-8-6-5-7-9-14/h12-14,16,18H,5-11H2,1-4H3,(H,21,22). The zero-order chi connectivity index (χ0) is 17.4. The number of likely N-dealkylation sites (N-methyl/N-ethyl adjacent to an activating group) is 1. The van der Waals surface area contributed by atoms with Crippen LogP contribution in [0, 0.1) is 5.92 Å². The number of carboxylic acids is 1. The molecule has 23 heavy (non-hydrogen) atoms. The van der Waals surface area contributed by atoms with Crippen molar-refractivity contribution in [3.05, 3.63) is 0 Å². The summed E-state index contributed by atoms with van der Waals surface area (Å²) in [4.78, 5) is 25.0. The summed E-state index contributed by atoms with van der Waals surface area (Å²) >= 11 is 0. The van der Waals surface area contributed by atoms with E-state index in [9.17, 15) is 9.59 Å². The Balaban J connectivity index is 2.40. The summed E-state index contributed by atoms with van der Waals surface area (Å²) < 4.78 is 5.24. The van der Waals surface area contributed by atoms with Crippen molar-refractivity contribution in [2.45, 2.75) is 77.6 Å². The van der Waals surface area contributed by atoms with E-state index in [0.29, 0.717) is 5.92 Å². The monoisotopic (exact) mass is 328 g/mol. The SMILES string of the molecule is CC(C)NC(OCC(=O)N(C)C(C)CC1CCCCC1)C(=O)O. The third-order valence-corrected chi connectivity index (χ3v) is 4.54. The van der Waals surface area contributed by atoms with Crippen LogP contribution in [0.4, 0.5) is 0 Å². The number of amides is 1. The fourth-order valence-electron chi connectivity index (χ4n) is 3.06. The Morgan fingerprint density at radius 2 is 1.83 bits per heavy atom. The summed E-state index contributed by atoms with van der Waals surface area (Å²) in [6.45, 7) is 5.49. The summed E-state index contributed by atoms with van der Waals surface area (Å²) in [5, 5.41) is 11.9. The molecule has 1 aliphatic rings. The van der Waals surface area contributed by atoms with Gasteiger partial charge in [-0.2, -0.15) is 0 Å². The number of rotatable bonds is 9. The van der Waals surface area contributed by atoms with Crippen LogP contribution in [0.1, 0.15) is 59.3 Å². The molecule has 0 aliphatic heterocycles. The first-order valence-corrected chi connectivity index (χ1v) is 8.67. The van der Waals surface area contributed by atoms with E-state index in [1.54, 1.807) is 11.9 Å². The van der Waals surface area contributed by atoms with E-state index in [1.165, 1.54) is 32.1 Å². The molecule has 6 heteroatoms. The number of hydrogen-bond donors (Lipinski definition) is 2. The summed E-state index contributed by atoms with van der Waals surface area (Å²) in [7, 11) is 1.77. The molecule has 0 aromatic heterocycles. The summed E-state index contributed by atoms with van der Waals surface area (Å²) in [6, 6.07) is 0.115. The van der Waals surface area contributed by atoms with Crippen molar-refractivity contribution in [1.29, 1.82) is 0 Å². The highest BCUT2D eigenvalue weighted by Crippen LogP contribution is 2.28. The number of hydrogen-bond acceptors (Lipinski definition) is 4. The maximum Gasteiger partial charge on any atom is 0.348 e. The number of carbonyl (C=O) groups excluding carboxylic acids is 1. The molecule has 0 aromatic carbocycles. The molecule has 134 valence electrons. The first-order valence-electron chi connectivity index (χ1n) is 8.67. The van der Waals surface area contributed by atoms with Gasteiger partial charge in [0, 0.05) is 19.1 Å². The first kappa shape index (κ1) is 19.9. The van der Waals surface area contributed by atoms with Gasteiger partial charge in [0.05, 0.1) is 0 Å². The van der Waals surface area contributed by atoms with Crippen LogP contribution < -0.4 is 5.32 Å². The van der Waals surface area contributed by atoms with Crippen LogP contribution in [0.25, 0.3) is 0 Å². The highest BCUT2D eigenvalue weighted by atomic mass is 16.5. The number of nitrogens with one attached hydrogen (secondary N) is 1. The average Bonchev–Trinajstić information content (AvgIpc) is 2.50. The molecule has 1 rings (SSSR count). The molecule has 1 saturated carbocycles. The number of carbonyl (C=O) groups is 2. The molecule has 0 heterocycles. The minimum Gasteiger partial charge on any atom is -0.478 e. The van der Waals surface area contributed by atoms with Gasteiger partial charge in [-0.25, -0.2) is 4.79 Å². The molecule has 2 atom stereocenters. The van der Waals surface area contributed by atoms with Gasteiger partial charge in [0.15, 0.2) is 0 Å². The second-order valence-corrected chi connectivity index (χ2v) is 6.94. The molecule has 6 nitrogen and oxygen atoms in total. The summed E-state index contributed by atoms with van der Waals surface area (Å²) in [5.41, 5.74) is 0. The summed E-state index contributed by atoms with van der Waals surface area (Å²) in [6.07, 6.45) is 6.27. The molecule has 1 fully saturated rings. The lowest BCUT2D eigenvalue weighted by atomic mass is 9.85. The zero-order valence-electron chi connectivity index (χ0n) is 14.9. The Labute approximate surface area is 139 Å². The van der Waals surface area contributed by atoms with Crippen LogP contribution in [-0.2, 0) is 14.3 Å². The van der Waals surface area contributed by atoms with Gasteiger partial charge in [-0.05, 0) is 33.1 Å². The largest absolute Gasteiger partial charge is 0.478 e. The maximum absolute atomic E-state index is 12.2. The molecular weight excluding hydrogens is 296 g/mol. The van der Waals surface area contributed by atoms with Crippen LogP contribution in [-0.4, -0.2) is 53.8 Å². The van der Waals surface area contributed by atoms with Crippen molar-refractivity contribution in [3.63, 3.8) is 0 Å². The Hall–Kier alpha value is -1.14. The highest BCUT2D eigenvalue weighted by Gasteiger charge is 2.24. The Morgan fingerprint density at radius 1 is 1.22 bits per heavy atom. The van der Waals surface area contributed by atoms with Gasteiger partial charge in [0.2, 0.25) is 12.1 Å². The van der Waals surface area contributed by atoms with E-state index in [0.717, 1.165) is 6.42 Å². The van der Waals surface area contributed by atoms with E-state index >= 15 is 0 Å². The molecule has 0 spiro atoms. The molecule has 0 saturated heterocycles. The Kier molecular flexibility index (Phi) is 8.55. The van der Waals surface area contributed by atoms with E-state index < -0.39 is 12.2 Å². The van der Waals surface area contributed by atoms with Gasteiger partial charge < -0.3 is 14.7 Å². The van der Waals surface area contributed by atoms with Crippen LogP contribution in [0.15, 0.2) is 0 Å². The molecule has 2 unspecified atom stereocenters. The van der Waals surface area contributed by atoms with Crippen molar-refractivity contribution >= 4 is 11.9 Å². The molecule has 0 radical (unpaired) electrons. The van der Waals surface area contributed by atoms with Gasteiger partial charge in [0.25, 0.3) is 0 Å². The average molecular weight is 328 g/mol. The number of ether oxygens (including phenoxy) is 1. The molecule has 1 aliphatic carbocycles. The third-order valence-electron chi connectivity index (χ3n) is 4.54. The van der Waals surface area contributed by atoms with Crippen LogP contribution in [0.3, 0.4) is 0 Å². The maximum atomic E-state index is 12.2. The normalized spacial score (nSPS) is 18.7. The minimum atomic E-state index is -1.15. The fourth-order valence-corrected chi connectivity index (χ4v) is 3.06. The zero-order valence-corrected chi connectivity index (χ0v) is 14.9. The van der Waals surface area contributed by atoms with Crippen molar-refractivity contribution in [2.24, 2.45) is 5.92 Å². The second-order valence-electron chi connectivity index (χ2n) is 6.94. The van der Waals surface area contributed by atoms with Gasteiger partial charge in [-0.3, -0.25) is 10.1 Å². The molecule has 1 amide bonds. The summed E-state index contributed by atoms with van der Waals surface area (Å²) in [5.74, 6) is -0.584. The first-order chi connectivity index (χ1) is 10.8. The third kappa shape index (κ3) is 7.31. The van der Waals surface area contributed by atoms with Gasteiger partial charge in [-0.1, -0.05) is 32.1 Å². The number of carboxylic acid groups (broad SMARTS) is 1. The predicted molar refractivity (Wildman–Crippen MR) is 89.1 cm³/mol. The minimum absolute atomic E-state index is 0.0332. The smallest absolute Gasteiger partial charge is 0.348 e. The second kappa shape index (κ2) is 9.88. The molecule has 2 N–H and O–H groups in total. The van der Waals surface area contributed by atoms with Crippen molar-refractivity contribution in [2.75, 3.05) is 13.7 Å². The highest BCUT2D eigenvalue weighted by molar-refractivity contribution is 5.78.